The summed E-state index contributed by atoms with van der Waals surface area (Å²) in [5, 5.41) is 1.26. The second-order valence-electron chi connectivity index (χ2n) is 8.05. The predicted octanol–water partition coefficient (Wildman–Crippen LogP) is 5.84. The lowest BCUT2D eigenvalue weighted by Gasteiger charge is -2.30. The standard InChI is InChI=1S/C26H21ClFNO3/c1-16-19-12-22(27)25-21(14-29(15-31-25)13-18-9-5-6-10-23(18)28)24(19)32-26(30)20(16)11-17-7-3-2-4-8-17/h2-10,12H,11,13-15H2,1H3. The Morgan fingerprint density at radius 2 is 1.84 bits per heavy atom. The molecule has 1 aromatic heterocycles. The van der Waals surface area contributed by atoms with Crippen LogP contribution in [0.2, 0.25) is 5.02 Å². The zero-order valence-corrected chi connectivity index (χ0v) is 18.3. The van der Waals surface area contributed by atoms with Crippen molar-refractivity contribution >= 4 is 22.6 Å². The van der Waals surface area contributed by atoms with E-state index in [4.69, 9.17) is 20.8 Å². The Morgan fingerprint density at radius 1 is 1.09 bits per heavy atom. The van der Waals surface area contributed by atoms with Crippen LogP contribution in [0.3, 0.4) is 0 Å². The molecule has 0 aliphatic carbocycles. The second-order valence-corrected chi connectivity index (χ2v) is 8.46. The maximum Gasteiger partial charge on any atom is 0.340 e. The van der Waals surface area contributed by atoms with Gasteiger partial charge in [-0.1, -0.05) is 60.1 Å². The van der Waals surface area contributed by atoms with Gasteiger partial charge >= 0.3 is 5.63 Å². The predicted molar refractivity (Wildman–Crippen MR) is 123 cm³/mol. The minimum absolute atomic E-state index is 0.262. The summed E-state index contributed by atoms with van der Waals surface area (Å²) in [4.78, 5) is 14.9. The highest BCUT2D eigenvalue weighted by molar-refractivity contribution is 6.33. The number of hydrogen-bond acceptors (Lipinski definition) is 4. The van der Waals surface area contributed by atoms with Crippen molar-refractivity contribution in [3.63, 3.8) is 0 Å². The molecule has 3 aromatic carbocycles. The fraction of sp³-hybridized carbons (Fsp3) is 0.192. The first kappa shape index (κ1) is 20.7. The van der Waals surface area contributed by atoms with E-state index >= 15 is 0 Å². The maximum atomic E-state index is 14.1. The van der Waals surface area contributed by atoms with E-state index in [1.807, 2.05) is 42.2 Å². The largest absolute Gasteiger partial charge is 0.476 e. The second kappa shape index (κ2) is 8.41. The van der Waals surface area contributed by atoms with Crippen LogP contribution in [-0.2, 0) is 19.5 Å². The van der Waals surface area contributed by atoms with Crippen LogP contribution in [0.1, 0.15) is 27.8 Å². The van der Waals surface area contributed by atoms with Crippen LogP contribution in [0.25, 0.3) is 11.0 Å². The first-order chi connectivity index (χ1) is 15.5. The molecule has 162 valence electrons. The van der Waals surface area contributed by atoms with Crippen LogP contribution in [-0.4, -0.2) is 11.6 Å². The van der Waals surface area contributed by atoms with Crippen molar-refractivity contribution in [1.82, 2.24) is 4.90 Å². The number of nitrogens with zero attached hydrogens (tertiary/aromatic N) is 1. The Kier molecular flexibility index (Phi) is 5.45. The lowest BCUT2D eigenvalue weighted by molar-refractivity contribution is 0.0880. The number of aryl methyl sites for hydroxylation is 1. The smallest absolute Gasteiger partial charge is 0.340 e. The number of rotatable bonds is 4. The molecule has 1 aliphatic rings. The molecule has 0 bridgehead atoms. The topological polar surface area (TPSA) is 42.7 Å². The minimum atomic E-state index is -0.366. The van der Waals surface area contributed by atoms with Gasteiger partial charge in [0.05, 0.1) is 10.6 Å². The Morgan fingerprint density at radius 3 is 2.62 bits per heavy atom. The van der Waals surface area contributed by atoms with Crippen molar-refractivity contribution in [2.24, 2.45) is 0 Å². The SMILES string of the molecule is Cc1c(Cc2ccccc2)c(=O)oc2c3c(c(Cl)cc12)OCN(Cc1ccccc1F)C3. The molecule has 0 atom stereocenters. The van der Waals surface area contributed by atoms with Gasteiger partial charge in [0.2, 0.25) is 0 Å². The lowest BCUT2D eigenvalue weighted by atomic mass is 9.97. The third-order valence-electron chi connectivity index (χ3n) is 5.93. The zero-order valence-electron chi connectivity index (χ0n) is 17.5. The summed E-state index contributed by atoms with van der Waals surface area (Å²) in [5.74, 6) is 0.254. The van der Waals surface area contributed by atoms with E-state index in [0.29, 0.717) is 52.6 Å². The van der Waals surface area contributed by atoms with Gasteiger partial charge in [-0.2, -0.15) is 0 Å². The lowest BCUT2D eigenvalue weighted by Crippen LogP contribution is -2.32. The highest BCUT2D eigenvalue weighted by Crippen LogP contribution is 2.40. The van der Waals surface area contributed by atoms with Crippen LogP contribution < -0.4 is 10.4 Å². The van der Waals surface area contributed by atoms with Crippen LogP contribution in [0.4, 0.5) is 4.39 Å². The van der Waals surface area contributed by atoms with Crippen molar-refractivity contribution in [2.45, 2.75) is 26.4 Å². The van der Waals surface area contributed by atoms with E-state index in [0.717, 1.165) is 16.5 Å². The Balaban J connectivity index is 1.56. The number of ether oxygens (including phenoxy) is 1. The summed E-state index contributed by atoms with van der Waals surface area (Å²) in [6.45, 7) is 2.99. The number of halogens is 2. The summed E-state index contributed by atoms with van der Waals surface area (Å²) in [6, 6.07) is 18.3. The van der Waals surface area contributed by atoms with Crippen molar-refractivity contribution in [3.8, 4) is 5.75 Å². The van der Waals surface area contributed by atoms with Gasteiger partial charge in [0.1, 0.15) is 23.9 Å². The molecule has 0 fully saturated rings. The highest BCUT2D eigenvalue weighted by atomic mass is 35.5. The van der Waals surface area contributed by atoms with Crippen LogP contribution >= 0.6 is 11.6 Å². The minimum Gasteiger partial charge on any atom is -0.476 e. The average Bonchev–Trinajstić information content (AvgIpc) is 2.80. The molecule has 0 spiro atoms. The molecular weight excluding hydrogens is 429 g/mol. The maximum absolute atomic E-state index is 14.1. The number of benzene rings is 3. The zero-order chi connectivity index (χ0) is 22.2. The summed E-state index contributed by atoms with van der Waals surface area (Å²) in [7, 11) is 0. The fourth-order valence-electron chi connectivity index (χ4n) is 4.23. The van der Waals surface area contributed by atoms with E-state index < -0.39 is 0 Å². The van der Waals surface area contributed by atoms with E-state index in [1.165, 1.54) is 6.07 Å². The summed E-state index contributed by atoms with van der Waals surface area (Å²) in [5.41, 5.74) is 3.88. The Hall–Kier alpha value is -3.15. The highest BCUT2D eigenvalue weighted by Gasteiger charge is 2.26. The van der Waals surface area contributed by atoms with Crippen molar-refractivity contribution < 1.29 is 13.5 Å². The quantitative estimate of drug-likeness (QED) is 0.367. The molecule has 4 aromatic rings. The molecule has 0 N–H and O–H groups in total. The molecule has 32 heavy (non-hydrogen) atoms. The molecule has 5 rings (SSSR count). The molecule has 2 heterocycles. The first-order valence-electron chi connectivity index (χ1n) is 10.4. The molecule has 0 saturated carbocycles. The van der Waals surface area contributed by atoms with Gasteiger partial charge in [-0.05, 0) is 30.2 Å². The number of fused-ring (bicyclic) bond motifs is 3. The summed E-state index contributed by atoms with van der Waals surface area (Å²) < 4.78 is 25.9. The molecule has 6 heteroatoms. The van der Waals surface area contributed by atoms with E-state index in [9.17, 15) is 9.18 Å². The Labute approximate surface area is 189 Å². The molecular formula is C26H21ClFNO3. The van der Waals surface area contributed by atoms with Crippen LogP contribution in [0.5, 0.6) is 5.75 Å². The van der Waals surface area contributed by atoms with Gasteiger partial charge in [0.25, 0.3) is 0 Å². The monoisotopic (exact) mass is 449 g/mol. The fourth-order valence-corrected chi connectivity index (χ4v) is 4.51. The van der Waals surface area contributed by atoms with E-state index in [-0.39, 0.29) is 18.2 Å². The molecule has 0 radical (unpaired) electrons. The summed E-state index contributed by atoms with van der Waals surface area (Å²) >= 11 is 6.56. The first-order valence-corrected chi connectivity index (χ1v) is 10.8. The number of hydrogen-bond donors (Lipinski definition) is 0. The third kappa shape index (κ3) is 3.78. The van der Waals surface area contributed by atoms with Gasteiger partial charge in [-0.25, -0.2) is 9.18 Å². The van der Waals surface area contributed by atoms with Crippen LogP contribution in [0.15, 0.2) is 69.9 Å². The van der Waals surface area contributed by atoms with Crippen molar-refractivity contribution in [3.05, 3.63) is 110 Å². The molecule has 0 saturated heterocycles. The molecule has 1 aliphatic heterocycles. The van der Waals surface area contributed by atoms with Gasteiger partial charge in [0, 0.05) is 36.0 Å². The molecule has 0 amide bonds. The van der Waals surface area contributed by atoms with Crippen molar-refractivity contribution in [2.75, 3.05) is 6.73 Å². The van der Waals surface area contributed by atoms with Gasteiger partial charge < -0.3 is 9.15 Å². The van der Waals surface area contributed by atoms with Gasteiger partial charge in [-0.3, -0.25) is 4.90 Å². The normalized spacial score (nSPS) is 13.7. The van der Waals surface area contributed by atoms with Gasteiger partial charge in [-0.15, -0.1) is 0 Å². The van der Waals surface area contributed by atoms with Crippen molar-refractivity contribution in [1.29, 1.82) is 0 Å². The van der Waals surface area contributed by atoms with Crippen LogP contribution in [0, 0.1) is 12.7 Å². The molecule has 0 unspecified atom stereocenters. The Bertz CT molecular complexity index is 1370. The average molecular weight is 450 g/mol. The van der Waals surface area contributed by atoms with E-state index in [1.54, 1.807) is 24.3 Å². The summed E-state index contributed by atoms with van der Waals surface area (Å²) in [6.07, 6.45) is 0.482. The van der Waals surface area contributed by atoms with Gasteiger partial charge in [0.15, 0.2) is 0 Å². The van der Waals surface area contributed by atoms with E-state index in [2.05, 4.69) is 0 Å². The molecule has 4 nitrogen and oxygen atoms in total. The third-order valence-corrected chi connectivity index (χ3v) is 6.21.